The Kier molecular flexibility index (Phi) is 11.9. The van der Waals surface area contributed by atoms with E-state index in [9.17, 15) is 9.59 Å². The highest BCUT2D eigenvalue weighted by Crippen LogP contribution is 2.28. The summed E-state index contributed by atoms with van der Waals surface area (Å²) in [6, 6.07) is 0. The molecule has 0 spiro atoms. The molecule has 0 aromatic heterocycles. The topological polar surface area (TPSA) is 80.3 Å². The number of carbonyl (C=O) groups is 2. The van der Waals surface area contributed by atoms with Crippen LogP contribution in [0.15, 0.2) is 0 Å². The van der Waals surface area contributed by atoms with E-state index in [2.05, 4.69) is 39.3 Å². The molecule has 0 aromatic carbocycles. The van der Waals surface area contributed by atoms with Gasteiger partial charge in [0.2, 0.25) is 8.32 Å². The van der Waals surface area contributed by atoms with Crippen molar-refractivity contribution in [2.75, 3.05) is 0 Å². The third-order valence-electron chi connectivity index (χ3n) is 3.67. The summed E-state index contributed by atoms with van der Waals surface area (Å²) < 4.78 is 31.8. The maximum atomic E-state index is 13.5. The fourth-order valence-corrected chi connectivity index (χ4v) is 7.89. The van der Waals surface area contributed by atoms with Crippen molar-refractivity contribution in [2.45, 2.75) is 123 Å². The number of carbonyl (C=O) groups excluding carboxylic acids is 2. The summed E-state index contributed by atoms with van der Waals surface area (Å²) >= 11 is 0. The van der Waals surface area contributed by atoms with E-state index in [1.807, 2.05) is 58.9 Å². The third kappa shape index (κ3) is 15.6. The summed E-state index contributed by atoms with van der Waals surface area (Å²) in [7, 11) is -10.9. The maximum Gasteiger partial charge on any atom is 0.323 e. The van der Waals surface area contributed by atoms with Gasteiger partial charge in [-0.25, -0.2) is 0 Å². The van der Waals surface area contributed by atoms with Gasteiger partial charge in [0.05, 0.1) is 0 Å². The lowest BCUT2D eigenvalue weighted by Gasteiger charge is -2.43. The van der Waals surface area contributed by atoms with Crippen molar-refractivity contribution in [3.63, 3.8) is 0 Å². The van der Waals surface area contributed by atoms with Crippen LogP contribution in [0.4, 0.5) is 0 Å². The first-order valence-electron chi connectivity index (χ1n) is 11.7. The molecular formula is C21H50O7Si5. The van der Waals surface area contributed by atoms with Crippen LogP contribution in [0, 0.1) is 0 Å². The van der Waals surface area contributed by atoms with Gasteiger partial charge < -0.3 is 26.9 Å². The van der Waals surface area contributed by atoms with E-state index in [1.54, 1.807) is 0 Å². The Labute approximate surface area is 207 Å². The fraction of sp³-hybridized carbons (Fsp3) is 0.905. The van der Waals surface area contributed by atoms with Gasteiger partial charge in [0.15, 0.2) is 39.4 Å². The summed E-state index contributed by atoms with van der Waals surface area (Å²) in [6.45, 7) is 30.4. The Morgan fingerprint density at radius 1 is 0.545 bits per heavy atom. The van der Waals surface area contributed by atoms with E-state index < -0.39 is 72.0 Å². The lowest BCUT2D eigenvalue weighted by atomic mass is 10.0. The van der Waals surface area contributed by atoms with Gasteiger partial charge in [-0.3, -0.25) is 4.79 Å². The van der Waals surface area contributed by atoms with Crippen LogP contribution in [0.3, 0.4) is 0 Å². The number of hydrogen-bond donors (Lipinski definition) is 0. The summed E-state index contributed by atoms with van der Waals surface area (Å²) in [5, 5.41) is 0. The van der Waals surface area contributed by atoms with Crippen LogP contribution >= 0.6 is 0 Å². The molecule has 12 heteroatoms. The molecule has 0 fully saturated rings. The highest BCUT2D eigenvalue weighted by Gasteiger charge is 2.48. The summed E-state index contributed by atoms with van der Waals surface area (Å²) in [6.07, 6.45) is -2.66. The average Bonchev–Trinajstić information content (AvgIpc) is 2.48. The second-order valence-electron chi connectivity index (χ2n) is 13.4. The smallest absolute Gasteiger partial charge is 0.323 e. The van der Waals surface area contributed by atoms with Crippen LogP contribution in [0.2, 0.25) is 98.2 Å². The Hall–Kier alpha value is 0.0644. The van der Waals surface area contributed by atoms with Crippen molar-refractivity contribution in [3.8, 4) is 0 Å². The zero-order chi connectivity index (χ0) is 26.6. The molecule has 0 radical (unpaired) electrons. The first-order chi connectivity index (χ1) is 14.3. The molecular weight excluding hydrogens is 505 g/mol. The predicted octanol–water partition coefficient (Wildman–Crippen LogP) is 5.44. The van der Waals surface area contributed by atoms with E-state index >= 15 is 0 Å². The first kappa shape index (κ1) is 33.1. The Balaban J connectivity index is 6.77. The van der Waals surface area contributed by atoms with Crippen molar-refractivity contribution in [3.05, 3.63) is 0 Å². The Bertz CT molecular complexity index is 640. The Morgan fingerprint density at radius 2 is 0.909 bits per heavy atom. The van der Waals surface area contributed by atoms with Gasteiger partial charge in [-0.15, -0.1) is 0 Å². The van der Waals surface area contributed by atoms with Gasteiger partial charge in [0, 0.05) is 0 Å². The van der Waals surface area contributed by atoms with Crippen LogP contribution in [-0.4, -0.2) is 78.3 Å². The van der Waals surface area contributed by atoms with E-state index in [4.69, 9.17) is 22.1 Å². The first-order valence-corrected chi connectivity index (χ1v) is 28.8. The van der Waals surface area contributed by atoms with E-state index in [0.717, 1.165) is 6.29 Å². The SMILES string of the molecule is C[Si](C)(C)OC(=O)[C@@H](O[Si](C)(C)C)[C@@H](O[Si](C)(C)C)[C@H](O[Si](C)(C)C)[C@H](C=O)O[Si](C)(C)C. The maximum absolute atomic E-state index is 13.5. The van der Waals surface area contributed by atoms with Gasteiger partial charge >= 0.3 is 5.97 Å². The van der Waals surface area contributed by atoms with E-state index in [-0.39, 0.29) is 0 Å². The van der Waals surface area contributed by atoms with Crippen molar-refractivity contribution >= 4 is 53.8 Å². The standard InChI is InChI=1S/C21H50O7Si5/c1-29(2,3)24-17(16-22)18(25-30(4,5)6)19(26-31(7,8)9)20(27-32(10,11)12)21(23)28-33(13,14)15/h16-20H,1-15H3/t17-,18+,19-,20-/m0/s1. The minimum Gasteiger partial charge on any atom is -0.518 e. The molecule has 7 nitrogen and oxygen atoms in total. The molecule has 0 bridgehead atoms. The fourth-order valence-electron chi connectivity index (χ4n) is 3.01. The highest BCUT2D eigenvalue weighted by molar-refractivity contribution is 6.72. The van der Waals surface area contributed by atoms with Crippen LogP contribution in [0.5, 0.6) is 0 Å². The van der Waals surface area contributed by atoms with Crippen LogP contribution in [-0.2, 0) is 31.7 Å². The highest BCUT2D eigenvalue weighted by atomic mass is 28.4. The molecule has 0 aliphatic carbocycles. The largest absolute Gasteiger partial charge is 0.518 e. The number of hydrogen-bond acceptors (Lipinski definition) is 7. The van der Waals surface area contributed by atoms with E-state index in [0.29, 0.717) is 0 Å². The minimum atomic E-state index is -2.21. The lowest BCUT2D eigenvalue weighted by molar-refractivity contribution is -0.156. The normalized spacial score (nSPS) is 17.8. The van der Waals surface area contributed by atoms with Gasteiger partial charge in [-0.2, -0.15) is 0 Å². The van der Waals surface area contributed by atoms with Gasteiger partial charge in [0.25, 0.3) is 0 Å². The zero-order valence-corrected chi connectivity index (χ0v) is 28.7. The quantitative estimate of drug-likeness (QED) is 0.209. The van der Waals surface area contributed by atoms with Gasteiger partial charge in [0.1, 0.15) is 24.6 Å². The average molecular weight is 555 g/mol. The molecule has 0 unspecified atom stereocenters. The molecule has 33 heavy (non-hydrogen) atoms. The van der Waals surface area contributed by atoms with Crippen LogP contribution in [0.25, 0.3) is 0 Å². The second kappa shape index (κ2) is 11.9. The molecule has 0 aliphatic heterocycles. The third-order valence-corrected chi connectivity index (χ3v) is 8.38. The molecule has 196 valence electrons. The molecule has 0 saturated carbocycles. The predicted molar refractivity (Wildman–Crippen MR) is 148 cm³/mol. The Morgan fingerprint density at radius 3 is 1.21 bits per heavy atom. The number of aldehydes is 1. The second-order valence-corrected chi connectivity index (χ2v) is 35.7. The zero-order valence-electron chi connectivity index (χ0n) is 23.7. The van der Waals surface area contributed by atoms with Crippen molar-refractivity contribution in [2.24, 2.45) is 0 Å². The molecule has 0 aliphatic rings. The molecule has 0 aromatic rings. The molecule has 0 amide bonds. The lowest BCUT2D eigenvalue weighted by Crippen LogP contribution is -2.61. The van der Waals surface area contributed by atoms with Crippen LogP contribution in [0.1, 0.15) is 0 Å². The molecule has 4 atom stereocenters. The van der Waals surface area contributed by atoms with Crippen molar-refractivity contribution in [1.29, 1.82) is 0 Å². The molecule has 0 rings (SSSR count). The van der Waals surface area contributed by atoms with Gasteiger partial charge in [-0.1, -0.05) is 0 Å². The monoisotopic (exact) mass is 554 g/mol. The van der Waals surface area contributed by atoms with E-state index in [1.165, 1.54) is 0 Å². The minimum absolute atomic E-state index is 0.443. The van der Waals surface area contributed by atoms with Crippen LogP contribution < -0.4 is 0 Å². The molecule has 0 N–H and O–H groups in total. The summed E-state index contributed by atoms with van der Waals surface area (Å²) in [4.78, 5) is 25.8. The summed E-state index contributed by atoms with van der Waals surface area (Å²) in [5.74, 6) is -0.443. The van der Waals surface area contributed by atoms with Gasteiger partial charge in [-0.05, 0) is 98.2 Å². The number of rotatable bonds is 14. The van der Waals surface area contributed by atoms with Crippen molar-refractivity contribution in [1.82, 2.24) is 0 Å². The molecule has 0 heterocycles. The summed E-state index contributed by atoms with van der Waals surface area (Å²) in [5.41, 5.74) is 0. The van der Waals surface area contributed by atoms with Crippen molar-refractivity contribution < 1.29 is 31.7 Å². The molecule has 0 saturated heterocycles.